The van der Waals surface area contributed by atoms with Gasteiger partial charge in [0.05, 0.1) is 0 Å². The Kier molecular flexibility index (Phi) is 69.1. The van der Waals surface area contributed by atoms with Crippen molar-refractivity contribution in [2.45, 2.75) is 419 Å². The first-order valence-electron chi connectivity index (χ1n) is 37.0. The van der Waals surface area contributed by atoms with Gasteiger partial charge >= 0.3 is 17.9 Å². The van der Waals surface area contributed by atoms with Gasteiger partial charge in [0.1, 0.15) is 13.2 Å². The lowest BCUT2D eigenvalue weighted by Crippen LogP contribution is -2.30. The zero-order valence-electron chi connectivity index (χ0n) is 55.5. The Morgan fingerprint density at radius 3 is 0.707 bits per heavy atom. The van der Waals surface area contributed by atoms with Crippen LogP contribution < -0.4 is 0 Å². The summed E-state index contributed by atoms with van der Waals surface area (Å²) < 4.78 is 17.0. The first-order chi connectivity index (χ1) is 40.5. The monoisotopic (exact) mass is 1150 g/mol. The molecule has 0 spiro atoms. The number of carbonyl (C=O) groups is 3. The summed E-state index contributed by atoms with van der Waals surface area (Å²) in [5.74, 6) is -0.857. The molecule has 6 nitrogen and oxygen atoms in total. The molecule has 0 amide bonds. The van der Waals surface area contributed by atoms with Crippen LogP contribution >= 0.6 is 0 Å². The van der Waals surface area contributed by atoms with E-state index in [0.717, 1.165) is 70.6 Å². The van der Waals surface area contributed by atoms with Crippen molar-refractivity contribution in [1.82, 2.24) is 0 Å². The van der Waals surface area contributed by atoms with E-state index in [1.165, 1.54) is 302 Å². The third kappa shape index (κ3) is 68.4. The minimum absolute atomic E-state index is 0.0718. The minimum Gasteiger partial charge on any atom is -0.462 e. The Morgan fingerprint density at radius 2 is 0.439 bits per heavy atom. The van der Waals surface area contributed by atoms with Crippen LogP contribution in [0.25, 0.3) is 0 Å². The van der Waals surface area contributed by atoms with Crippen LogP contribution in [0.1, 0.15) is 412 Å². The van der Waals surface area contributed by atoms with Gasteiger partial charge < -0.3 is 14.2 Å². The zero-order valence-corrected chi connectivity index (χ0v) is 55.5. The third-order valence-electron chi connectivity index (χ3n) is 16.9. The summed E-state index contributed by atoms with van der Waals surface area (Å²) in [7, 11) is 0. The highest BCUT2D eigenvalue weighted by molar-refractivity contribution is 5.71. The van der Waals surface area contributed by atoms with E-state index in [4.69, 9.17) is 14.2 Å². The van der Waals surface area contributed by atoms with Gasteiger partial charge in [-0.2, -0.15) is 0 Å². The number of carbonyl (C=O) groups excluding carboxylic acids is 3. The second kappa shape index (κ2) is 71.1. The Hall–Kier alpha value is -2.37. The molecule has 0 aliphatic heterocycles. The van der Waals surface area contributed by atoms with Crippen molar-refractivity contribution < 1.29 is 28.6 Å². The van der Waals surface area contributed by atoms with Gasteiger partial charge in [0.15, 0.2) is 6.10 Å². The van der Waals surface area contributed by atoms with Crippen LogP contribution in [-0.2, 0) is 28.6 Å². The minimum atomic E-state index is -0.777. The molecule has 0 aromatic heterocycles. The van der Waals surface area contributed by atoms with Gasteiger partial charge in [-0.1, -0.05) is 353 Å². The van der Waals surface area contributed by atoms with E-state index in [2.05, 4.69) is 57.2 Å². The molecule has 0 N–H and O–H groups in total. The number of rotatable bonds is 69. The number of esters is 3. The molecule has 0 saturated carbocycles. The maximum absolute atomic E-state index is 12.9. The summed E-state index contributed by atoms with van der Waals surface area (Å²) in [6.45, 7) is 6.67. The van der Waals surface area contributed by atoms with Crippen LogP contribution in [0, 0.1) is 0 Å². The van der Waals surface area contributed by atoms with Crippen LogP contribution in [0.4, 0.5) is 0 Å². The SMILES string of the molecule is CCCCC/C=C\C/C=C\CCCCCCCCCCCC(=O)OC(COC(=O)CCCCCCC/C=C\CCCCCCC)COC(=O)CCCCCCCCCCCCCCCCCCCCCCCCCCCCCCCCC. The molecule has 0 bridgehead atoms. The fourth-order valence-corrected chi connectivity index (χ4v) is 11.3. The van der Waals surface area contributed by atoms with E-state index in [9.17, 15) is 14.4 Å². The number of allylic oxidation sites excluding steroid dienone is 6. The second-order valence-electron chi connectivity index (χ2n) is 25.2. The number of ether oxygens (including phenoxy) is 3. The van der Waals surface area contributed by atoms with Gasteiger partial charge in [-0.25, -0.2) is 0 Å². The van der Waals surface area contributed by atoms with Crippen molar-refractivity contribution in [1.29, 1.82) is 0 Å². The lowest BCUT2D eigenvalue weighted by Gasteiger charge is -2.18. The largest absolute Gasteiger partial charge is 0.462 e. The van der Waals surface area contributed by atoms with Gasteiger partial charge in [-0.15, -0.1) is 0 Å². The first-order valence-corrected chi connectivity index (χ1v) is 37.0. The van der Waals surface area contributed by atoms with Crippen LogP contribution in [0.2, 0.25) is 0 Å². The molecule has 0 aliphatic rings. The Morgan fingerprint density at radius 1 is 0.244 bits per heavy atom. The summed E-state index contributed by atoms with van der Waals surface area (Å²) >= 11 is 0. The second-order valence-corrected chi connectivity index (χ2v) is 25.2. The van der Waals surface area contributed by atoms with Crippen molar-refractivity contribution in [3.05, 3.63) is 36.5 Å². The maximum Gasteiger partial charge on any atom is 0.306 e. The molecule has 482 valence electrons. The number of hydrogen-bond acceptors (Lipinski definition) is 6. The van der Waals surface area contributed by atoms with E-state index in [1.54, 1.807) is 0 Å². The van der Waals surface area contributed by atoms with Crippen molar-refractivity contribution in [3.8, 4) is 0 Å². The van der Waals surface area contributed by atoms with E-state index < -0.39 is 6.10 Å². The van der Waals surface area contributed by atoms with Crippen molar-refractivity contribution in [2.24, 2.45) is 0 Å². The van der Waals surface area contributed by atoms with Gasteiger partial charge in [0.25, 0.3) is 0 Å². The van der Waals surface area contributed by atoms with E-state index in [1.807, 2.05) is 0 Å². The summed E-state index contributed by atoms with van der Waals surface area (Å²) in [5.41, 5.74) is 0. The molecule has 1 atom stereocenters. The average Bonchev–Trinajstić information content (AvgIpc) is 3.47. The normalized spacial score (nSPS) is 12.2. The quantitative estimate of drug-likeness (QED) is 0.0261. The summed E-state index contributed by atoms with van der Waals surface area (Å²) in [6, 6.07) is 0. The smallest absolute Gasteiger partial charge is 0.306 e. The van der Waals surface area contributed by atoms with Crippen LogP contribution in [-0.4, -0.2) is 37.2 Å². The zero-order chi connectivity index (χ0) is 59.2. The fraction of sp³-hybridized carbons (Fsp3) is 0.882. The Labute approximate surface area is 512 Å². The molecule has 0 saturated heterocycles. The van der Waals surface area contributed by atoms with Crippen molar-refractivity contribution in [3.63, 3.8) is 0 Å². The maximum atomic E-state index is 12.9. The van der Waals surface area contributed by atoms with E-state index in [-0.39, 0.29) is 31.1 Å². The third-order valence-corrected chi connectivity index (χ3v) is 16.9. The standard InChI is InChI=1S/C76H142O6/c1-4-7-10-13-16-19-22-25-28-30-32-33-34-35-36-37-38-39-40-41-42-43-45-46-48-51-54-57-60-63-66-69-75(78)81-72-73(71-80-74(77)68-65-62-59-56-53-50-27-24-21-18-15-12-9-6-3)82-76(79)70-67-64-61-58-55-52-49-47-44-31-29-26-23-20-17-14-11-8-5-2/h17,20,24,26-27,29,73H,4-16,18-19,21-23,25,28,30-72H2,1-3H3/b20-17-,27-24-,29-26-. The molecule has 82 heavy (non-hydrogen) atoms. The summed E-state index contributed by atoms with van der Waals surface area (Å²) in [5, 5.41) is 0. The Bertz CT molecular complexity index is 1370. The number of hydrogen-bond donors (Lipinski definition) is 0. The topological polar surface area (TPSA) is 78.9 Å². The molecule has 0 fully saturated rings. The highest BCUT2D eigenvalue weighted by atomic mass is 16.6. The molecule has 0 aromatic carbocycles. The highest BCUT2D eigenvalue weighted by Gasteiger charge is 2.19. The average molecular weight is 1150 g/mol. The fourth-order valence-electron chi connectivity index (χ4n) is 11.3. The Balaban J connectivity index is 4.16. The molecule has 0 radical (unpaired) electrons. The van der Waals surface area contributed by atoms with Gasteiger partial charge in [0.2, 0.25) is 0 Å². The number of unbranched alkanes of at least 4 members (excludes halogenated alkanes) is 52. The van der Waals surface area contributed by atoms with Gasteiger partial charge in [-0.05, 0) is 77.0 Å². The summed E-state index contributed by atoms with van der Waals surface area (Å²) in [6.07, 6.45) is 89.1. The van der Waals surface area contributed by atoms with Crippen LogP contribution in [0.5, 0.6) is 0 Å². The molecule has 0 heterocycles. The van der Waals surface area contributed by atoms with Crippen molar-refractivity contribution in [2.75, 3.05) is 13.2 Å². The van der Waals surface area contributed by atoms with Gasteiger partial charge in [0, 0.05) is 19.3 Å². The van der Waals surface area contributed by atoms with E-state index in [0.29, 0.717) is 19.3 Å². The molecule has 1 unspecified atom stereocenters. The lowest BCUT2D eigenvalue weighted by molar-refractivity contribution is -0.167. The molecule has 0 aliphatic carbocycles. The van der Waals surface area contributed by atoms with Gasteiger partial charge in [-0.3, -0.25) is 14.4 Å². The molecule has 6 heteroatoms. The predicted octanol–water partition coefficient (Wildman–Crippen LogP) is 25.5. The van der Waals surface area contributed by atoms with E-state index >= 15 is 0 Å². The molecule has 0 aromatic rings. The summed E-state index contributed by atoms with van der Waals surface area (Å²) in [4.78, 5) is 38.4. The molecule has 0 rings (SSSR count). The van der Waals surface area contributed by atoms with Crippen LogP contribution in [0.15, 0.2) is 36.5 Å². The lowest BCUT2D eigenvalue weighted by atomic mass is 10.0. The van der Waals surface area contributed by atoms with Crippen LogP contribution in [0.3, 0.4) is 0 Å². The first kappa shape index (κ1) is 79.6. The highest BCUT2D eigenvalue weighted by Crippen LogP contribution is 2.19. The predicted molar refractivity (Wildman–Crippen MR) is 358 cm³/mol. The molecular formula is C76H142O6. The van der Waals surface area contributed by atoms with Crippen molar-refractivity contribution >= 4 is 17.9 Å². The molecular weight excluding hydrogens is 1010 g/mol.